The van der Waals surface area contributed by atoms with Crippen LogP contribution in [-0.2, 0) is 4.74 Å². The number of carbonyl (C=O) groups is 1. The number of hydrogen-bond donors (Lipinski definition) is 1. The van der Waals surface area contributed by atoms with Crippen LogP contribution in [0, 0.1) is 6.92 Å². The van der Waals surface area contributed by atoms with Crippen LogP contribution in [-0.4, -0.2) is 23.9 Å². The summed E-state index contributed by atoms with van der Waals surface area (Å²) in [7, 11) is 0. The van der Waals surface area contributed by atoms with Crippen LogP contribution in [0.3, 0.4) is 0 Å². The quantitative estimate of drug-likeness (QED) is 0.845. The maximum atomic E-state index is 12.2. The molecule has 0 aromatic carbocycles. The van der Waals surface area contributed by atoms with Gasteiger partial charge in [-0.1, -0.05) is 0 Å². The number of rotatable bonds is 3. The molecule has 0 aliphatic carbocycles. The fourth-order valence-electron chi connectivity index (χ4n) is 1.27. The maximum Gasteiger partial charge on any atom is 0.573 e. The normalized spacial score (nSPS) is 11.2. The molecule has 1 rings (SSSR count). The van der Waals surface area contributed by atoms with E-state index in [1.54, 1.807) is 0 Å². The van der Waals surface area contributed by atoms with E-state index in [4.69, 9.17) is 0 Å². The molecule has 0 fully saturated rings. The smallest absolute Gasteiger partial charge is 0.462 e. The van der Waals surface area contributed by atoms with Crippen LogP contribution < -0.4 is 10.3 Å². The molecule has 0 bridgehead atoms. The van der Waals surface area contributed by atoms with Gasteiger partial charge in [-0.2, -0.15) is 0 Å². The second-order valence-electron chi connectivity index (χ2n) is 3.27. The lowest BCUT2D eigenvalue weighted by Crippen LogP contribution is -2.26. The number of ether oxygens (including phenoxy) is 2. The highest BCUT2D eigenvalue weighted by Gasteiger charge is 2.35. The van der Waals surface area contributed by atoms with Gasteiger partial charge >= 0.3 is 12.3 Å². The minimum Gasteiger partial charge on any atom is -0.462 e. The van der Waals surface area contributed by atoms with Crippen molar-refractivity contribution in [2.45, 2.75) is 20.2 Å². The SMILES string of the molecule is CCOC(=O)c1c(C)c[nH]c(=O)c1OC(F)(F)F. The molecular formula is C10H10F3NO4. The predicted molar refractivity (Wildman–Crippen MR) is 54.4 cm³/mol. The number of nitrogens with one attached hydrogen (secondary N) is 1. The van der Waals surface area contributed by atoms with Crippen molar-refractivity contribution in [3.63, 3.8) is 0 Å². The Morgan fingerprint density at radius 3 is 2.56 bits per heavy atom. The van der Waals surface area contributed by atoms with Crippen molar-refractivity contribution in [1.82, 2.24) is 4.98 Å². The average molecular weight is 265 g/mol. The van der Waals surface area contributed by atoms with E-state index in [0.29, 0.717) is 0 Å². The average Bonchev–Trinajstić information content (AvgIpc) is 2.22. The Morgan fingerprint density at radius 2 is 2.06 bits per heavy atom. The minimum absolute atomic E-state index is 0.0312. The number of alkyl halides is 3. The van der Waals surface area contributed by atoms with E-state index in [9.17, 15) is 22.8 Å². The molecule has 1 aromatic heterocycles. The highest BCUT2D eigenvalue weighted by atomic mass is 19.4. The van der Waals surface area contributed by atoms with Crippen molar-refractivity contribution >= 4 is 5.97 Å². The standard InChI is InChI=1S/C10H10F3NO4/c1-3-17-9(16)6-5(2)4-14-8(15)7(6)18-10(11,12)13/h4H,3H2,1-2H3,(H,14,15). The molecular weight excluding hydrogens is 255 g/mol. The van der Waals surface area contributed by atoms with E-state index in [-0.39, 0.29) is 12.2 Å². The van der Waals surface area contributed by atoms with Crippen molar-refractivity contribution in [2.24, 2.45) is 0 Å². The third-order valence-electron chi connectivity index (χ3n) is 1.94. The van der Waals surface area contributed by atoms with Crippen LogP contribution in [0.4, 0.5) is 13.2 Å². The summed E-state index contributed by atoms with van der Waals surface area (Å²) in [6, 6.07) is 0. The molecule has 0 spiro atoms. The minimum atomic E-state index is -5.07. The predicted octanol–water partition coefficient (Wildman–Crippen LogP) is 1.76. The van der Waals surface area contributed by atoms with Crippen LogP contribution in [0.2, 0.25) is 0 Å². The molecule has 0 unspecified atom stereocenters. The molecule has 0 amide bonds. The first-order valence-corrected chi connectivity index (χ1v) is 4.91. The molecule has 100 valence electrons. The van der Waals surface area contributed by atoms with Crippen LogP contribution in [0.25, 0.3) is 0 Å². The summed E-state index contributed by atoms with van der Waals surface area (Å²) < 4.78 is 44.6. The summed E-state index contributed by atoms with van der Waals surface area (Å²) >= 11 is 0. The Morgan fingerprint density at radius 1 is 1.44 bits per heavy atom. The van der Waals surface area contributed by atoms with E-state index in [1.165, 1.54) is 13.8 Å². The number of H-pyrrole nitrogens is 1. The van der Waals surface area contributed by atoms with Crippen LogP contribution in [0.5, 0.6) is 5.75 Å². The van der Waals surface area contributed by atoms with Crippen LogP contribution >= 0.6 is 0 Å². The van der Waals surface area contributed by atoms with Crippen LogP contribution in [0.15, 0.2) is 11.0 Å². The Labute approximate surface area is 99.5 Å². The van der Waals surface area contributed by atoms with E-state index < -0.39 is 29.2 Å². The van der Waals surface area contributed by atoms with Crippen molar-refractivity contribution in [1.29, 1.82) is 0 Å². The molecule has 1 N–H and O–H groups in total. The number of aryl methyl sites for hydroxylation is 1. The zero-order chi connectivity index (χ0) is 13.9. The van der Waals surface area contributed by atoms with E-state index in [2.05, 4.69) is 9.47 Å². The summed E-state index contributed by atoms with van der Waals surface area (Å²) in [6.07, 6.45) is -3.96. The number of aromatic amines is 1. The molecule has 0 atom stereocenters. The molecule has 0 saturated carbocycles. The van der Waals surface area contributed by atoms with Gasteiger partial charge in [-0.25, -0.2) is 4.79 Å². The number of hydrogen-bond acceptors (Lipinski definition) is 4. The van der Waals surface area contributed by atoms with E-state index >= 15 is 0 Å². The molecule has 1 heterocycles. The largest absolute Gasteiger partial charge is 0.573 e. The summed E-state index contributed by atoms with van der Waals surface area (Å²) in [4.78, 5) is 24.8. The van der Waals surface area contributed by atoms with Crippen molar-refractivity contribution in [3.8, 4) is 5.75 Å². The first-order chi connectivity index (χ1) is 8.26. The van der Waals surface area contributed by atoms with Gasteiger partial charge in [0.25, 0.3) is 5.56 Å². The monoisotopic (exact) mass is 265 g/mol. The Balaban J connectivity index is 3.34. The van der Waals surface area contributed by atoms with Gasteiger partial charge in [0.15, 0.2) is 0 Å². The molecule has 0 aliphatic rings. The van der Waals surface area contributed by atoms with Gasteiger partial charge in [0.2, 0.25) is 5.75 Å². The van der Waals surface area contributed by atoms with Gasteiger partial charge in [0, 0.05) is 6.20 Å². The van der Waals surface area contributed by atoms with Gasteiger partial charge in [0.05, 0.1) is 6.61 Å². The highest BCUT2D eigenvalue weighted by Crippen LogP contribution is 2.25. The molecule has 0 radical (unpaired) electrons. The highest BCUT2D eigenvalue weighted by molar-refractivity contribution is 5.93. The fraction of sp³-hybridized carbons (Fsp3) is 0.400. The number of pyridine rings is 1. The van der Waals surface area contributed by atoms with Gasteiger partial charge in [-0.05, 0) is 19.4 Å². The third-order valence-corrected chi connectivity index (χ3v) is 1.94. The lowest BCUT2D eigenvalue weighted by Gasteiger charge is -2.13. The first kappa shape index (κ1) is 14.1. The van der Waals surface area contributed by atoms with E-state index in [0.717, 1.165) is 6.20 Å². The number of aromatic nitrogens is 1. The Hall–Kier alpha value is -1.99. The molecule has 8 heteroatoms. The zero-order valence-electron chi connectivity index (χ0n) is 9.55. The lowest BCUT2D eigenvalue weighted by molar-refractivity contribution is -0.275. The van der Waals surface area contributed by atoms with Crippen molar-refractivity contribution in [2.75, 3.05) is 6.61 Å². The number of halogens is 3. The molecule has 0 saturated heterocycles. The van der Waals surface area contributed by atoms with Gasteiger partial charge in [-0.15, -0.1) is 13.2 Å². The first-order valence-electron chi connectivity index (χ1n) is 4.91. The zero-order valence-corrected chi connectivity index (χ0v) is 9.55. The maximum absolute atomic E-state index is 12.2. The molecule has 18 heavy (non-hydrogen) atoms. The topological polar surface area (TPSA) is 68.4 Å². The van der Waals surface area contributed by atoms with Crippen LogP contribution in [0.1, 0.15) is 22.8 Å². The van der Waals surface area contributed by atoms with Gasteiger partial charge in [-0.3, -0.25) is 4.79 Å². The summed E-state index contributed by atoms with van der Waals surface area (Å²) in [5.41, 5.74) is -1.56. The van der Waals surface area contributed by atoms with Crippen molar-refractivity contribution in [3.05, 3.63) is 27.7 Å². The number of carbonyl (C=O) groups excluding carboxylic acids is 1. The third kappa shape index (κ3) is 3.25. The van der Waals surface area contributed by atoms with Crippen molar-refractivity contribution < 1.29 is 27.4 Å². The summed E-state index contributed by atoms with van der Waals surface area (Å²) in [5.74, 6) is -2.15. The molecule has 1 aromatic rings. The summed E-state index contributed by atoms with van der Waals surface area (Å²) in [6.45, 7) is 2.81. The number of esters is 1. The van der Waals surface area contributed by atoms with Gasteiger partial charge < -0.3 is 14.5 Å². The second kappa shape index (κ2) is 5.11. The Bertz CT molecular complexity index is 507. The Kier molecular flexibility index (Phi) is 4.00. The molecule has 5 nitrogen and oxygen atoms in total. The molecule has 0 aliphatic heterocycles. The lowest BCUT2D eigenvalue weighted by atomic mass is 10.1. The van der Waals surface area contributed by atoms with E-state index in [1.807, 2.05) is 4.98 Å². The summed E-state index contributed by atoms with van der Waals surface area (Å²) in [5, 5.41) is 0. The fourth-order valence-corrected chi connectivity index (χ4v) is 1.27. The second-order valence-corrected chi connectivity index (χ2v) is 3.27. The van der Waals surface area contributed by atoms with Gasteiger partial charge in [0.1, 0.15) is 5.56 Å².